The van der Waals surface area contributed by atoms with Crippen LogP contribution < -0.4 is 0 Å². The first kappa shape index (κ1) is 24.3. The first-order chi connectivity index (χ1) is 11.4. The maximum Gasteiger partial charge on any atom is 0.209 e. The lowest BCUT2D eigenvalue weighted by atomic mass is 10.1. The largest absolute Gasteiger partial charge is 0.345 e. The number of hydrogen-bond donors (Lipinski definition) is 0. The zero-order chi connectivity index (χ0) is 19.0. The Kier molecular flexibility index (Phi) is 16.1. The van der Waals surface area contributed by atoms with Crippen molar-refractivity contribution in [1.82, 2.24) is 14.9 Å². The van der Waals surface area contributed by atoms with E-state index in [1.807, 2.05) is 39.5 Å². The van der Waals surface area contributed by atoms with Gasteiger partial charge in [0.1, 0.15) is 0 Å². The van der Waals surface area contributed by atoms with E-state index in [0.717, 1.165) is 42.4 Å². The maximum atomic E-state index is 10.2. The second kappa shape index (κ2) is 15.9. The van der Waals surface area contributed by atoms with E-state index in [0.29, 0.717) is 0 Å². The molecule has 0 bridgehead atoms. The number of carbonyl (C=O) groups excluding carboxylic acids is 1. The zero-order valence-corrected chi connectivity index (χ0v) is 16.4. The molecule has 0 aliphatic carbocycles. The van der Waals surface area contributed by atoms with Crippen molar-refractivity contribution < 1.29 is 4.79 Å². The number of hydrogen-bond acceptors (Lipinski definition) is 3. The Balaban J connectivity index is 0. The topological polar surface area (TPSA) is 46.1 Å². The Bertz CT molecular complexity index is 433. The van der Waals surface area contributed by atoms with Crippen LogP contribution >= 0.6 is 0 Å². The van der Waals surface area contributed by atoms with Crippen LogP contribution in [0.1, 0.15) is 51.9 Å². The number of rotatable bonds is 3. The normalized spacial score (nSPS) is 14.8. The minimum absolute atomic E-state index is 0.773. The number of likely N-dealkylation sites (tertiary alicyclic amines) is 1. The number of carbonyl (C=O) groups is 1. The second-order valence-corrected chi connectivity index (χ2v) is 5.51. The van der Waals surface area contributed by atoms with Gasteiger partial charge in [0.2, 0.25) is 6.41 Å². The van der Waals surface area contributed by atoms with Crippen molar-refractivity contribution in [2.24, 2.45) is 5.92 Å². The lowest BCUT2D eigenvalue weighted by Crippen LogP contribution is -2.17. The standard InChI is InChI=1S/C7H13NO.C6H8N2.C5H8.C2H6/c1-2-7-3-4-8(5-7)6-9;1-5-3-8-6(2)4-7-5;1-4-5(2)3;1-2/h6-7H,2-5H2,1H3;3-4H,1-2H3;4H,1-2H2,3H3;1-2H3. The van der Waals surface area contributed by atoms with Gasteiger partial charge in [0.05, 0.1) is 11.4 Å². The molecule has 1 atom stereocenters. The summed E-state index contributed by atoms with van der Waals surface area (Å²) in [5.74, 6) is 0.773. The molecule has 1 aliphatic rings. The van der Waals surface area contributed by atoms with Crippen molar-refractivity contribution in [3.8, 4) is 0 Å². The molecule has 1 aromatic rings. The number of allylic oxidation sites excluding steroid dienone is 2. The first-order valence-electron chi connectivity index (χ1n) is 8.65. The molecular weight excluding hydrogens is 298 g/mol. The van der Waals surface area contributed by atoms with Gasteiger partial charge in [-0.15, -0.1) is 0 Å². The molecule has 136 valence electrons. The molecule has 1 fully saturated rings. The fourth-order valence-corrected chi connectivity index (χ4v) is 1.75. The van der Waals surface area contributed by atoms with Crippen molar-refractivity contribution in [2.45, 2.75) is 54.4 Å². The quantitative estimate of drug-likeness (QED) is 0.593. The van der Waals surface area contributed by atoms with Gasteiger partial charge >= 0.3 is 0 Å². The molecule has 1 aliphatic heterocycles. The predicted octanol–water partition coefficient (Wildman–Crippen LogP) is 4.74. The molecule has 2 rings (SSSR count). The van der Waals surface area contributed by atoms with Crippen molar-refractivity contribution in [2.75, 3.05) is 13.1 Å². The number of aryl methyl sites for hydroxylation is 2. The summed E-state index contributed by atoms with van der Waals surface area (Å²) in [6.45, 7) is 20.9. The molecule has 4 nitrogen and oxygen atoms in total. The summed E-state index contributed by atoms with van der Waals surface area (Å²) in [6.07, 6.45) is 8.61. The Morgan fingerprint density at radius 3 is 1.96 bits per heavy atom. The molecule has 4 heteroatoms. The summed E-state index contributed by atoms with van der Waals surface area (Å²) in [5.41, 5.74) is 2.95. The van der Waals surface area contributed by atoms with Gasteiger partial charge in [-0.25, -0.2) is 0 Å². The summed E-state index contributed by atoms with van der Waals surface area (Å²) in [5, 5.41) is 0. The highest BCUT2D eigenvalue weighted by Gasteiger charge is 2.18. The van der Waals surface area contributed by atoms with Crippen molar-refractivity contribution in [3.05, 3.63) is 48.6 Å². The van der Waals surface area contributed by atoms with Gasteiger partial charge in [-0.2, -0.15) is 0 Å². The van der Waals surface area contributed by atoms with E-state index in [1.165, 1.54) is 12.8 Å². The van der Waals surface area contributed by atoms with Gasteiger partial charge in [0.25, 0.3) is 0 Å². The average molecular weight is 334 g/mol. The lowest BCUT2D eigenvalue weighted by molar-refractivity contribution is -0.117. The van der Waals surface area contributed by atoms with Crippen LogP contribution in [0.3, 0.4) is 0 Å². The second-order valence-electron chi connectivity index (χ2n) is 5.51. The van der Waals surface area contributed by atoms with E-state index in [4.69, 9.17) is 0 Å². The first-order valence-corrected chi connectivity index (χ1v) is 8.65. The average Bonchev–Trinajstić information content (AvgIpc) is 3.08. The van der Waals surface area contributed by atoms with E-state index in [9.17, 15) is 4.79 Å². The Morgan fingerprint density at radius 2 is 1.75 bits per heavy atom. The van der Waals surface area contributed by atoms with Gasteiger partial charge in [-0.3, -0.25) is 14.8 Å². The van der Waals surface area contributed by atoms with Crippen LogP contribution in [0.25, 0.3) is 0 Å². The molecule has 0 aromatic carbocycles. The van der Waals surface area contributed by atoms with Crippen molar-refractivity contribution in [3.63, 3.8) is 0 Å². The highest BCUT2D eigenvalue weighted by atomic mass is 16.1. The predicted molar refractivity (Wildman–Crippen MR) is 104 cm³/mol. The van der Waals surface area contributed by atoms with Gasteiger partial charge in [0.15, 0.2) is 0 Å². The Morgan fingerprint density at radius 1 is 1.29 bits per heavy atom. The minimum atomic E-state index is 0.773. The van der Waals surface area contributed by atoms with Crippen LogP contribution in [0.2, 0.25) is 0 Å². The molecule has 0 spiro atoms. The van der Waals surface area contributed by atoms with Crippen LogP contribution in [0, 0.1) is 19.8 Å². The number of nitrogens with zero attached hydrogens (tertiary/aromatic N) is 3. The van der Waals surface area contributed by atoms with Crippen LogP contribution in [0.4, 0.5) is 0 Å². The smallest absolute Gasteiger partial charge is 0.209 e. The molecule has 1 unspecified atom stereocenters. The molecule has 1 amide bonds. The highest BCUT2D eigenvalue weighted by Crippen LogP contribution is 2.16. The Labute approximate surface area is 148 Å². The van der Waals surface area contributed by atoms with Crippen LogP contribution in [-0.4, -0.2) is 34.4 Å². The monoisotopic (exact) mass is 333 g/mol. The summed E-state index contributed by atoms with van der Waals surface area (Å²) >= 11 is 0. The molecule has 24 heavy (non-hydrogen) atoms. The fraction of sp³-hybridized carbons (Fsp3) is 0.550. The summed E-state index contributed by atoms with van der Waals surface area (Å²) < 4.78 is 0. The zero-order valence-electron chi connectivity index (χ0n) is 16.4. The Hall–Kier alpha value is -1.97. The van der Waals surface area contributed by atoms with E-state index in [2.05, 4.69) is 30.0 Å². The molecular formula is C20H35N3O. The third-order valence-corrected chi connectivity index (χ3v) is 3.30. The van der Waals surface area contributed by atoms with Gasteiger partial charge in [-0.05, 0) is 33.1 Å². The van der Waals surface area contributed by atoms with Crippen LogP contribution in [0.5, 0.6) is 0 Å². The molecule has 1 saturated heterocycles. The number of amides is 1. The maximum absolute atomic E-state index is 10.2. The van der Waals surface area contributed by atoms with E-state index in [1.54, 1.807) is 18.5 Å². The molecule has 2 heterocycles. The van der Waals surface area contributed by atoms with Crippen molar-refractivity contribution >= 4 is 6.41 Å². The SMILES string of the molecule is C=CC(=C)C.CC.CCC1CCN(C=O)C1.Cc1cnc(C)cn1. The third kappa shape index (κ3) is 13.7. The van der Waals surface area contributed by atoms with Crippen molar-refractivity contribution in [1.29, 1.82) is 0 Å². The molecule has 1 aromatic heterocycles. The van der Waals surface area contributed by atoms with E-state index >= 15 is 0 Å². The van der Waals surface area contributed by atoms with E-state index in [-0.39, 0.29) is 0 Å². The summed E-state index contributed by atoms with van der Waals surface area (Å²) in [7, 11) is 0. The summed E-state index contributed by atoms with van der Waals surface area (Å²) in [4.78, 5) is 20.1. The summed E-state index contributed by atoms with van der Waals surface area (Å²) in [6, 6.07) is 0. The van der Waals surface area contributed by atoms with Gasteiger partial charge < -0.3 is 4.90 Å². The fourth-order valence-electron chi connectivity index (χ4n) is 1.75. The number of aromatic nitrogens is 2. The lowest BCUT2D eigenvalue weighted by Gasteiger charge is -2.06. The van der Waals surface area contributed by atoms with Crippen LogP contribution in [-0.2, 0) is 4.79 Å². The van der Waals surface area contributed by atoms with Gasteiger partial charge in [0, 0.05) is 25.5 Å². The third-order valence-electron chi connectivity index (χ3n) is 3.30. The molecule has 0 N–H and O–H groups in total. The molecule has 0 radical (unpaired) electrons. The van der Waals surface area contributed by atoms with Crippen LogP contribution in [0.15, 0.2) is 37.2 Å². The van der Waals surface area contributed by atoms with E-state index < -0.39 is 0 Å². The highest BCUT2D eigenvalue weighted by molar-refractivity contribution is 5.47. The minimum Gasteiger partial charge on any atom is -0.345 e. The van der Waals surface area contributed by atoms with Gasteiger partial charge in [-0.1, -0.05) is 52.0 Å². The molecule has 0 saturated carbocycles.